The van der Waals surface area contributed by atoms with Crippen LogP contribution in [0.25, 0.3) is 0 Å². The van der Waals surface area contributed by atoms with Gasteiger partial charge in [-0.1, -0.05) is 6.07 Å². The Bertz CT molecular complexity index is 418. The molecule has 5 nitrogen and oxygen atoms in total. The van der Waals surface area contributed by atoms with Crippen LogP contribution in [0, 0.1) is 0 Å². The maximum atomic E-state index is 11.4. The normalized spacial score (nSPS) is 10.2. The number of aromatic carboxylic acids is 1. The number of rotatable bonds is 7. The number of carboxylic acids is 1. The largest absolute Gasteiger partial charge is 0.490 e. The lowest BCUT2D eigenvalue weighted by Gasteiger charge is -2.16. The van der Waals surface area contributed by atoms with Crippen LogP contribution in [-0.2, 0) is 6.42 Å². The van der Waals surface area contributed by atoms with Gasteiger partial charge in [-0.3, -0.25) is 0 Å². The van der Waals surface area contributed by atoms with Crippen molar-refractivity contribution in [2.45, 2.75) is 20.3 Å². The molecule has 1 aromatic carbocycles. The van der Waals surface area contributed by atoms with E-state index in [4.69, 9.17) is 15.2 Å². The topological polar surface area (TPSA) is 81.8 Å². The number of benzene rings is 1. The highest BCUT2D eigenvalue weighted by molar-refractivity contribution is 5.94. The average Bonchev–Trinajstić information content (AvgIpc) is 2.33. The molecular formula is C13H19NO4. The Labute approximate surface area is 107 Å². The number of ether oxygens (including phenoxy) is 2. The van der Waals surface area contributed by atoms with Crippen molar-refractivity contribution in [3.8, 4) is 11.5 Å². The molecule has 3 N–H and O–H groups in total. The Morgan fingerprint density at radius 3 is 2.44 bits per heavy atom. The van der Waals surface area contributed by atoms with E-state index in [1.54, 1.807) is 19.1 Å². The van der Waals surface area contributed by atoms with Gasteiger partial charge in [0, 0.05) is 0 Å². The van der Waals surface area contributed by atoms with E-state index in [0.29, 0.717) is 37.5 Å². The molecule has 0 radical (unpaired) electrons. The molecule has 0 amide bonds. The zero-order chi connectivity index (χ0) is 13.5. The minimum Gasteiger partial charge on any atom is -0.490 e. The van der Waals surface area contributed by atoms with Crippen molar-refractivity contribution in [3.05, 3.63) is 23.3 Å². The first-order valence-electron chi connectivity index (χ1n) is 6.00. The second kappa shape index (κ2) is 6.86. The highest BCUT2D eigenvalue weighted by Crippen LogP contribution is 2.34. The van der Waals surface area contributed by atoms with Gasteiger partial charge >= 0.3 is 5.97 Å². The summed E-state index contributed by atoms with van der Waals surface area (Å²) >= 11 is 0. The van der Waals surface area contributed by atoms with Crippen LogP contribution in [0.3, 0.4) is 0 Å². The van der Waals surface area contributed by atoms with Gasteiger partial charge in [0.2, 0.25) is 0 Å². The molecule has 0 aliphatic rings. The van der Waals surface area contributed by atoms with E-state index in [1.807, 2.05) is 6.92 Å². The first-order chi connectivity index (χ1) is 8.65. The van der Waals surface area contributed by atoms with Crippen molar-refractivity contribution < 1.29 is 19.4 Å². The van der Waals surface area contributed by atoms with Gasteiger partial charge in [0.15, 0.2) is 11.5 Å². The molecule has 0 aliphatic carbocycles. The van der Waals surface area contributed by atoms with E-state index in [-0.39, 0.29) is 11.3 Å². The molecule has 0 heterocycles. The van der Waals surface area contributed by atoms with Gasteiger partial charge in [-0.2, -0.15) is 0 Å². The van der Waals surface area contributed by atoms with Gasteiger partial charge in [-0.05, 0) is 38.4 Å². The van der Waals surface area contributed by atoms with Crippen molar-refractivity contribution in [1.82, 2.24) is 0 Å². The van der Waals surface area contributed by atoms with Crippen molar-refractivity contribution >= 4 is 5.97 Å². The minimum atomic E-state index is -1.02. The van der Waals surface area contributed by atoms with Crippen molar-refractivity contribution in [1.29, 1.82) is 0 Å². The van der Waals surface area contributed by atoms with Crippen LogP contribution >= 0.6 is 0 Å². The van der Waals surface area contributed by atoms with Gasteiger partial charge in [-0.15, -0.1) is 0 Å². The number of hydrogen-bond acceptors (Lipinski definition) is 4. The summed E-state index contributed by atoms with van der Waals surface area (Å²) in [6.07, 6.45) is 0.494. The lowest BCUT2D eigenvalue weighted by Crippen LogP contribution is -2.12. The average molecular weight is 253 g/mol. The fraction of sp³-hybridized carbons (Fsp3) is 0.462. The Kier molecular flexibility index (Phi) is 5.45. The molecule has 1 rings (SSSR count). The lowest BCUT2D eigenvalue weighted by molar-refractivity contribution is 0.0690. The molecular weight excluding hydrogens is 234 g/mol. The monoisotopic (exact) mass is 253 g/mol. The van der Waals surface area contributed by atoms with Crippen LogP contribution < -0.4 is 15.2 Å². The van der Waals surface area contributed by atoms with Gasteiger partial charge in [0.25, 0.3) is 0 Å². The maximum Gasteiger partial charge on any atom is 0.339 e. The molecule has 0 aliphatic heterocycles. The van der Waals surface area contributed by atoms with Gasteiger partial charge < -0.3 is 20.3 Å². The molecule has 0 fully saturated rings. The second-order valence-electron chi connectivity index (χ2n) is 3.64. The third kappa shape index (κ3) is 3.13. The fourth-order valence-corrected chi connectivity index (χ4v) is 1.76. The van der Waals surface area contributed by atoms with Crippen molar-refractivity contribution in [2.75, 3.05) is 19.8 Å². The second-order valence-corrected chi connectivity index (χ2v) is 3.64. The first kappa shape index (κ1) is 14.3. The molecule has 100 valence electrons. The fourth-order valence-electron chi connectivity index (χ4n) is 1.76. The molecule has 18 heavy (non-hydrogen) atoms. The lowest BCUT2D eigenvalue weighted by atomic mass is 10.0. The van der Waals surface area contributed by atoms with Crippen molar-refractivity contribution in [2.24, 2.45) is 5.73 Å². The number of hydrogen-bond donors (Lipinski definition) is 2. The Morgan fingerprint density at radius 1 is 1.28 bits per heavy atom. The first-order valence-corrected chi connectivity index (χ1v) is 6.00. The van der Waals surface area contributed by atoms with Crippen LogP contribution in [-0.4, -0.2) is 30.8 Å². The predicted molar refractivity (Wildman–Crippen MR) is 68.5 cm³/mol. The molecule has 0 bridgehead atoms. The molecule has 0 atom stereocenters. The smallest absolute Gasteiger partial charge is 0.339 e. The summed E-state index contributed by atoms with van der Waals surface area (Å²) in [6, 6.07) is 3.45. The molecule has 1 aromatic rings. The van der Waals surface area contributed by atoms with E-state index in [0.717, 1.165) is 0 Å². The third-order valence-electron chi connectivity index (χ3n) is 2.42. The zero-order valence-corrected chi connectivity index (χ0v) is 10.7. The standard InChI is InChI=1S/C13H19NO4/c1-3-17-10-6-5-9(7-8-14)11(13(15)16)12(10)18-4-2/h5-6H,3-4,7-8,14H2,1-2H3,(H,15,16). The Morgan fingerprint density at radius 2 is 1.94 bits per heavy atom. The van der Waals surface area contributed by atoms with Crippen LogP contribution in [0.5, 0.6) is 11.5 Å². The van der Waals surface area contributed by atoms with E-state index in [9.17, 15) is 9.90 Å². The summed E-state index contributed by atoms with van der Waals surface area (Å²) in [5.41, 5.74) is 6.30. The van der Waals surface area contributed by atoms with Crippen LogP contribution in [0.2, 0.25) is 0 Å². The molecule has 0 saturated heterocycles. The Hall–Kier alpha value is -1.75. The molecule has 0 unspecified atom stereocenters. The van der Waals surface area contributed by atoms with Crippen LogP contribution in [0.1, 0.15) is 29.8 Å². The van der Waals surface area contributed by atoms with Gasteiger partial charge in [-0.25, -0.2) is 4.79 Å². The van der Waals surface area contributed by atoms with Crippen molar-refractivity contribution in [3.63, 3.8) is 0 Å². The van der Waals surface area contributed by atoms with Crippen LogP contribution in [0.15, 0.2) is 12.1 Å². The summed E-state index contributed by atoms with van der Waals surface area (Å²) < 4.78 is 10.8. The summed E-state index contributed by atoms with van der Waals surface area (Å²) in [5, 5.41) is 9.32. The number of carbonyl (C=O) groups is 1. The highest BCUT2D eigenvalue weighted by atomic mass is 16.5. The summed E-state index contributed by atoms with van der Waals surface area (Å²) in [6.45, 7) is 4.86. The summed E-state index contributed by atoms with van der Waals surface area (Å²) in [7, 11) is 0. The third-order valence-corrected chi connectivity index (χ3v) is 2.42. The highest BCUT2D eigenvalue weighted by Gasteiger charge is 2.20. The zero-order valence-electron chi connectivity index (χ0n) is 10.7. The summed E-state index contributed by atoms with van der Waals surface area (Å²) in [4.78, 5) is 11.4. The number of carboxylic acid groups (broad SMARTS) is 1. The Balaban J connectivity index is 3.33. The van der Waals surface area contributed by atoms with E-state index >= 15 is 0 Å². The maximum absolute atomic E-state index is 11.4. The molecule has 5 heteroatoms. The minimum absolute atomic E-state index is 0.147. The van der Waals surface area contributed by atoms with Gasteiger partial charge in [0.1, 0.15) is 5.56 Å². The quantitative estimate of drug-likeness (QED) is 0.772. The van der Waals surface area contributed by atoms with Gasteiger partial charge in [0.05, 0.1) is 13.2 Å². The van der Waals surface area contributed by atoms with E-state index < -0.39 is 5.97 Å². The van der Waals surface area contributed by atoms with Crippen LogP contribution in [0.4, 0.5) is 0 Å². The summed E-state index contributed by atoms with van der Waals surface area (Å²) in [5.74, 6) is -0.279. The molecule has 0 saturated carbocycles. The molecule has 0 aromatic heterocycles. The van der Waals surface area contributed by atoms with E-state index in [1.165, 1.54) is 0 Å². The number of nitrogens with two attached hydrogens (primary N) is 1. The molecule has 0 spiro atoms. The predicted octanol–water partition coefficient (Wildman–Crippen LogP) is 1.68. The SMILES string of the molecule is CCOc1ccc(CCN)c(C(=O)O)c1OCC. The van der Waals surface area contributed by atoms with E-state index in [2.05, 4.69) is 0 Å².